The van der Waals surface area contributed by atoms with Crippen LogP contribution in [0.4, 0.5) is 0 Å². The zero-order chi connectivity index (χ0) is 18.0. The first kappa shape index (κ1) is 17.9. The zero-order valence-corrected chi connectivity index (χ0v) is 15.7. The third kappa shape index (κ3) is 4.03. The summed E-state index contributed by atoms with van der Waals surface area (Å²) >= 11 is 13.3. The Morgan fingerprint density at radius 2 is 2.12 bits per heavy atom. The minimum absolute atomic E-state index is 0.128. The number of benzene rings is 1. The van der Waals surface area contributed by atoms with Gasteiger partial charge in [-0.15, -0.1) is 11.3 Å². The topological polar surface area (TPSA) is 64.0 Å². The summed E-state index contributed by atoms with van der Waals surface area (Å²) < 4.78 is 1.46. The second-order valence-corrected chi connectivity index (χ2v) is 7.30. The lowest BCUT2D eigenvalue weighted by Gasteiger charge is -2.15. The predicted octanol–water partition coefficient (Wildman–Crippen LogP) is 4.03. The Kier molecular flexibility index (Phi) is 5.42. The van der Waals surface area contributed by atoms with E-state index in [9.17, 15) is 9.59 Å². The van der Waals surface area contributed by atoms with Crippen molar-refractivity contribution in [1.29, 1.82) is 0 Å². The summed E-state index contributed by atoms with van der Waals surface area (Å²) in [5.41, 5.74) is 0.734. The molecule has 2 heterocycles. The smallest absolute Gasteiger partial charge is 0.262 e. The second-order valence-electron chi connectivity index (χ2n) is 5.60. The van der Waals surface area contributed by atoms with Gasteiger partial charge >= 0.3 is 0 Å². The third-order valence-electron chi connectivity index (χ3n) is 3.85. The molecule has 0 aliphatic rings. The highest BCUT2D eigenvalue weighted by Gasteiger charge is 2.12. The fraction of sp³-hybridized carbons (Fsp3) is 0.235. The minimum atomic E-state index is -0.212. The molecule has 25 heavy (non-hydrogen) atoms. The molecule has 3 aromatic rings. The molecule has 0 aliphatic carbocycles. The number of hydrogen-bond donors (Lipinski definition) is 1. The van der Waals surface area contributed by atoms with Gasteiger partial charge in [0, 0.05) is 13.0 Å². The molecule has 3 rings (SSSR count). The van der Waals surface area contributed by atoms with Crippen LogP contribution in [0.3, 0.4) is 0 Å². The molecule has 0 bridgehead atoms. The van der Waals surface area contributed by atoms with Gasteiger partial charge in [0.25, 0.3) is 5.56 Å². The average Bonchev–Trinajstić information content (AvgIpc) is 3.06. The second kappa shape index (κ2) is 7.56. The van der Waals surface area contributed by atoms with Crippen molar-refractivity contribution in [2.75, 3.05) is 0 Å². The Hall–Kier alpha value is -1.89. The molecule has 0 fully saturated rings. The molecular formula is C17H15Cl2N3O2S. The number of halogens is 2. The molecule has 130 valence electrons. The summed E-state index contributed by atoms with van der Waals surface area (Å²) in [5.74, 6) is -0.157. The maximum Gasteiger partial charge on any atom is 0.262 e. The van der Waals surface area contributed by atoms with Crippen molar-refractivity contribution in [3.05, 3.63) is 61.9 Å². The summed E-state index contributed by atoms with van der Waals surface area (Å²) in [7, 11) is 0. The number of aryl methyl sites for hydroxylation is 1. The number of aromatic nitrogens is 2. The van der Waals surface area contributed by atoms with Crippen molar-refractivity contribution in [2.45, 2.75) is 25.9 Å². The van der Waals surface area contributed by atoms with E-state index < -0.39 is 0 Å². The predicted molar refractivity (Wildman–Crippen MR) is 102 cm³/mol. The monoisotopic (exact) mass is 395 g/mol. The van der Waals surface area contributed by atoms with Crippen LogP contribution in [0.2, 0.25) is 10.0 Å². The van der Waals surface area contributed by atoms with Gasteiger partial charge in [0.05, 0.1) is 27.8 Å². The maximum atomic E-state index is 12.3. The first-order valence-corrected chi connectivity index (χ1v) is 9.26. The third-order valence-corrected chi connectivity index (χ3v) is 5.41. The molecule has 2 aromatic heterocycles. The van der Waals surface area contributed by atoms with Crippen LogP contribution in [-0.2, 0) is 11.3 Å². The molecule has 1 atom stereocenters. The molecule has 1 unspecified atom stereocenters. The highest BCUT2D eigenvalue weighted by molar-refractivity contribution is 7.16. The van der Waals surface area contributed by atoms with Crippen molar-refractivity contribution in [2.24, 2.45) is 0 Å². The summed E-state index contributed by atoms with van der Waals surface area (Å²) in [6, 6.07) is 6.78. The van der Waals surface area contributed by atoms with Crippen LogP contribution in [0.25, 0.3) is 10.2 Å². The lowest BCUT2D eigenvalue weighted by Crippen LogP contribution is -2.29. The first-order valence-electron chi connectivity index (χ1n) is 7.62. The molecule has 1 amide bonds. The van der Waals surface area contributed by atoms with E-state index in [1.807, 2.05) is 18.4 Å². The van der Waals surface area contributed by atoms with Gasteiger partial charge in [-0.2, -0.15) is 0 Å². The number of nitrogens with one attached hydrogen (secondary N) is 1. The van der Waals surface area contributed by atoms with Gasteiger partial charge in [0.15, 0.2) is 0 Å². The first-order chi connectivity index (χ1) is 12.0. The van der Waals surface area contributed by atoms with Crippen LogP contribution < -0.4 is 10.9 Å². The van der Waals surface area contributed by atoms with Crippen LogP contribution >= 0.6 is 34.5 Å². The molecule has 0 saturated heterocycles. The maximum absolute atomic E-state index is 12.3. The van der Waals surface area contributed by atoms with E-state index in [1.165, 1.54) is 22.2 Å². The highest BCUT2D eigenvalue weighted by Crippen LogP contribution is 2.25. The minimum Gasteiger partial charge on any atom is -0.350 e. The number of fused-ring (bicyclic) bond motifs is 1. The quantitative estimate of drug-likeness (QED) is 0.708. The van der Waals surface area contributed by atoms with Gasteiger partial charge in [-0.05, 0) is 36.1 Å². The van der Waals surface area contributed by atoms with Crippen LogP contribution in [0.15, 0.2) is 40.8 Å². The van der Waals surface area contributed by atoms with Crippen molar-refractivity contribution in [1.82, 2.24) is 14.9 Å². The molecule has 0 aliphatic heterocycles. The Morgan fingerprint density at radius 3 is 2.88 bits per heavy atom. The summed E-state index contributed by atoms with van der Waals surface area (Å²) in [6.45, 7) is 2.14. The van der Waals surface area contributed by atoms with Crippen LogP contribution in [0.1, 0.15) is 24.9 Å². The number of hydrogen-bond acceptors (Lipinski definition) is 4. The van der Waals surface area contributed by atoms with E-state index in [0.29, 0.717) is 20.3 Å². The van der Waals surface area contributed by atoms with Crippen LogP contribution in [0, 0.1) is 0 Å². The van der Waals surface area contributed by atoms with Crippen LogP contribution in [0.5, 0.6) is 0 Å². The Bertz CT molecular complexity index is 983. The number of carbonyl (C=O) groups excluding carboxylic acids is 1. The van der Waals surface area contributed by atoms with E-state index in [1.54, 1.807) is 18.2 Å². The molecule has 0 radical (unpaired) electrons. The molecule has 1 aromatic carbocycles. The summed E-state index contributed by atoms with van der Waals surface area (Å²) in [6.07, 6.45) is 1.67. The SMILES string of the molecule is CC(NC(=O)CCn1cnc2sccc2c1=O)c1ccc(Cl)c(Cl)c1. The number of amides is 1. The van der Waals surface area contributed by atoms with E-state index in [-0.39, 0.29) is 30.5 Å². The largest absolute Gasteiger partial charge is 0.350 e. The number of nitrogens with zero attached hydrogens (tertiary/aromatic N) is 2. The highest BCUT2D eigenvalue weighted by atomic mass is 35.5. The lowest BCUT2D eigenvalue weighted by molar-refractivity contribution is -0.121. The lowest BCUT2D eigenvalue weighted by atomic mass is 10.1. The van der Waals surface area contributed by atoms with Crippen molar-refractivity contribution in [3.63, 3.8) is 0 Å². The van der Waals surface area contributed by atoms with Crippen LogP contribution in [-0.4, -0.2) is 15.5 Å². The fourth-order valence-electron chi connectivity index (χ4n) is 2.45. The molecule has 0 spiro atoms. The standard InChI is InChI=1S/C17H15Cl2N3O2S/c1-10(11-2-3-13(18)14(19)8-11)21-15(23)4-6-22-9-20-16-12(17(22)24)5-7-25-16/h2-3,5,7-10H,4,6H2,1H3,(H,21,23). The van der Waals surface area contributed by atoms with Gasteiger partial charge in [0.2, 0.25) is 5.91 Å². The average molecular weight is 396 g/mol. The van der Waals surface area contributed by atoms with Crippen molar-refractivity contribution >= 4 is 50.7 Å². The molecule has 1 N–H and O–H groups in total. The van der Waals surface area contributed by atoms with Gasteiger partial charge in [-0.1, -0.05) is 29.3 Å². The van der Waals surface area contributed by atoms with Gasteiger partial charge in [-0.3, -0.25) is 14.2 Å². The van der Waals surface area contributed by atoms with E-state index in [2.05, 4.69) is 10.3 Å². The number of thiophene rings is 1. The van der Waals surface area contributed by atoms with E-state index in [4.69, 9.17) is 23.2 Å². The van der Waals surface area contributed by atoms with E-state index >= 15 is 0 Å². The van der Waals surface area contributed by atoms with Crippen molar-refractivity contribution in [3.8, 4) is 0 Å². The van der Waals surface area contributed by atoms with Crippen molar-refractivity contribution < 1.29 is 4.79 Å². The van der Waals surface area contributed by atoms with Gasteiger partial charge < -0.3 is 5.32 Å². The fourth-order valence-corrected chi connectivity index (χ4v) is 3.48. The Labute approximate surface area is 158 Å². The Balaban J connectivity index is 1.62. The van der Waals surface area contributed by atoms with E-state index in [0.717, 1.165) is 5.56 Å². The normalized spacial score (nSPS) is 12.3. The summed E-state index contributed by atoms with van der Waals surface area (Å²) in [4.78, 5) is 29.4. The van der Waals surface area contributed by atoms with Gasteiger partial charge in [0.1, 0.15) is 4.83 Å². The zero-order valence-electron chi connectivity index (χ0n) is 13.3. The molecule has 8 heteroatoms. The molecule has 5 nitrogen and oxygen atoms in total. The molecule has 0 saturated carbocycles. The number of rotatable bonds is 5. The Morgan fingerprint density at radius 1 is 1.32 bits per heavy atom. The molecular weight excluding hydrogens is 381 g/mol. The number of carbonyl (C=O) groups is 1. The van der Waals surface area contributed by atoms with Gasteiger partial charge in [-0.25, -0.2) is 4.98 Å². The summed E-state index contributed by atoms with van der Waals surface area (Å²) in [5, 5.41) is 6.22.